The monoisotopic (exact) mass is 441 g/mol. The Balaban J connectivity index is 1.46. The number of benzene rings is 3. The zero-order valence-corrected chi connectivity index (χ0v) is 18.0. The number of H-pyrrole nitrogens is 1. The number of nitrogens with zero attached hydrogens (tertiary/aromatic N) is 2. The largest absolute Gasteiger partial charge is 0.334 e. The van der Waals surface area contributed by atoms with Crippen molar-refractivity contribution < 1.29 is 9.59 Å². The summed E-state index contributed by atoms with van der Waals surface area (Å²) in [7, 11) is 0. The first-order chi connectivity index (χ1) is 15.6. The van der Waals surface area contributed by atoms with E-state index in [0.29, 0.717) is 41.2 Å². The summed E-state index contributed by atoms with van der Waals surface area (Å²) in [6, 6.07) is 23.6. The van der Waals surface area contributed by atoms with Crippen molar-refractivity contribution in [2.24, 2.45) is 0 Å². The zero-order chi connectivity index (χ0) is 22.1. The molecule has 0 spiro atoms. The van der Waals surface area contributed by atoms with Crippen LogP contribution in [0, 0.1) is 0 Å². The molecule has 1 aliphatic rings. The summed E-state index contributed by atoms with van der Waals surface area (Å²) in [5.41, 5.74) is 5.11. The summed E-state index contributed by atoms with van der Waals surface area (Å²) in [5.74, 6) is -0.316. The fraction of sp³-hybridized carbons (Fsp3) is 0.115. The van der Waals surface area contributed by atoms with E-state index in [9.17, 15) is 9.59 Å². The molecule has 6 heteroatoms. The Labute approximate surface area is 190 Å². The number of halogens is 1. The van der Waals surface area contributed by atoms with Crippen LogP contribution in [0.1, 0.15) is 37.5 Å². The summed E-state index contributed by atoms with van der Waals surface area (Å²) in [4.78, 5) is 28.4. The van der Waals surface area contributed by atoms with Gasteiger partial charge in [-0.15, -0.1) is 0 Å². The van der Waals surface area contributed by atoms with E-state index >= 15 is 0 Å². The number of aromatic nitrogens is 2. The smallest absolute Gasteiger partial charge is 0.254 e. The molecule has 5 nitrogen and oxygen atoms in total. The average Bonchev–Trinajstić information content (AvgIpc) is 3.27. The topological polar surface area (TPSA) is 66.1 Å². The highest BCUT2D eigenvalue weighted by Crippen LogP contribution is 2.30. The normalized spacial score (nSPS) is 13.0. The predicted molar refractivity (Wildman–Crippen MR) is 124 cm³/mol. The molecule has 1 aliphatic heterocycles. The van der Waals surface area contributed by atoms with Gasteiger partial charge in [0.25, 0.3) is 5.91 Å². The van der Waals surface area contributed by atoms with Crippen molar-refractivity contribution in [2.45, 2.75) is 13.0 Å². The number of hydrogen-bond acceptors (Lipinski definition) is 3. The second-order valence-electron chi connectivity index (χ2n) is 7.76. The lowest BCUT2D eigenvalue weighted by Gasteiger charge is -2.28. The fourth-order valence-corrected chi connectivity index (χ4v) is 4.32. The first kappa shape index (κ1) is 20.2. The molecular weight excluding hydrogens is 422 g/mol. The third-order valence-corrected chi connectivity index (χ3v) is 5.99. The molecule has 0 saturated heterocycles. The summed E-state index contributed by atoms with van der Waals surface area (Å²) in [6.45, 7) is 0.969. The Kier molecular flexibility index (Phi) is 5.33. The van der Waals surface area contributed by atoms with E-state index in [2.05, 4.69) is 10.2 Å². The summed E-state index contributed by atoms with van der Waals surface area (Å²) in [5, 5.41) is 8.23. The highest BCUT2D eigenvalue weighted by Gasteiger charge is 2.28. The number of aromatic amines is 1. The van der Waals surface area contributed by atoms with E-state index in [-0.39, 0.29) is 11.7 Å². The molecule has 5 rings (SSSR count). The van der Waals surface area contributed by atoms with Crippen molar-refractivity contribution in [1.29, 1.82) is 0 Å². The van der Waals surface area contributed by atoms with Crippen LogP contribution in [0.3, 0.4) is 0 Å². The van der Waals surface area contributed by atoms with Crippen LogP contribution in [0.4, 0.5) is 0 Å². The minimum atomic E-state index is -0.159. The minimum absolute atomic E-state index is 0.157. The highest BCUT2D eigenvalue weighted by atomic mass is 35.5. The fourth-order valence-electron chi connectivity index (χ4n) is 4.13. The van der Waals surface area contributed by atoms with Crippen molar-refractivity contribution >= 4 is 23.3 Å². The number of fused-ring (bicyclic) bond motifs is 1. The molecule has 0 radical (unpaired) electrons. The average molecular weight is 442 g/mol. The van der Waals surface area contributed by atoms with Gasteiger partial charge in [-0.05, 0) is 18.2 Å². The number of ketones is 1. The molecule has 158 valence electrons. The van der Waals surface area contributed by atoms with Crippen molar-refractivity contribution in [1.82, 2.24) is 15.1 Å². The number of hydrogen-bond donors (Lipinski definition) is 1. The Hall–Kier alpha value is -3.70. The summed E-state index contributed by atoms with van der Waals surface area (Å²) < 4.78 is 0. The van der Waals surface area contributed by atoms with E-state index in [1.165, 1.54) is 0 Å². The van der Waals surface area contributed by atoms with Crippen LogP contribution in [0.15, 0.2) is 78.9 Å². The van der Waals surface area contributed by atoms with E-state index in [1.54, 1.807) is 41.3 Å². The Bertz CT molecular complexity index is 1310. The lowest BCUT2D eigenvalue weighted by atomic mass is 9.96. The first-order valence-corrected chi connectivity index (χ1v) is 10.8. The van der Waals surface area contributed by atoms with Crippen LogP contribution in [-0.4, -0.2) is 33.3 Å². The third-order valence-electron chi connectivity index (χ3n) is 5.76. The number of amides is 1. The van der Waals surface area contributed by atoms with Gasteiger partial charge in [-0.3, -0.25) is 14.7 Å². The maximum atomic E-state index is 13.5. The van der Waals surface area contributed by atoms with Gasteiger partial charge in [-0.1, -0.05) is 72.3 Å². The number of nitrogens with one attached hydrogen (secondary N) is 1. The van der Waals surface area contributed by atoms with Crippen molar-refractivity contribution in [2.75, 3.05) is 6.54 Å². The van der Waals surface area contributed by atoms with Gasteiger partial charge in [0.05, 0.1) is 11.3 Å². The van der Waals surface area contributed by atoms with Gasteiger partial charge in [0.2, 0.25) is 0 Å². The molecule has 32 heavy (non-hydrogen) atoms. The second kappa shape index (κ2) is 8.44. The predicted octanol–water partition coefficient (Wildman–Crippen LogP) is 5.16. The molecule has 1 aromatic heterocycles. The molecule has 2 heterocycles. The van der Waals surface area contributed by atoms with E-state index in [0.717, 1.165) is 22.5 Å². The molecule has 0 saturated carbocycles. The maximum Gasteiger partial charge on any atom is 0.254 e. The van der Waals surface area contributed by atoms with E-state index in [1.807, 2.05) is 42.5 Å². The molecule has 0 unspecified atom stereocenters. The number of carbonyl (C=O) groups excluding carboxylic acids is 2. The Morgan fingerprint density at radius 1 is 0.906 bits per heavy atom. The first-order valence-electron chi connectivity index (χ1n) is 10.4. The number of rotatable bonds is 4. The van der Waals surface area contributed by atoms with Crippen LogP contribution >= 0.6 is 11.6 Å². The highest BCUT2D eigenvalue weighted by molar-refractivity contribution is 6.30. The van der Waals surface area contributed by atoms with Crippen LogP contribution < -0.4 is 0 Å². The zero-order valence-electron chi connectivity index (χ0n) is 17.2. The molecule has 1 N–H and O–H groups in total. The standard InChI is InChI=1S/C26H20ClN3O2/c27-19-10-6-9-18(15-19)24-22-16-30(14-13-23(22)28-29-24)26(32)21-12-5-4-11-20(21)25(31)17-7-2-1-3-8-17/h1-12,15H,13-14,16H2,(H,28,29). The Morgan fingerprint density at radius 2 is 1.66 bits per heavy atom. The van der Waals surface area contributed by atoms with Crippen LogP contribution in [-0.2, 0) is 13.0 Å². The summed E-state index contributed by atoms with van der Waals surface area (Å²) >= 11 is 6.17. The van der Waals surface area contributed by atoms with Gasteiger partial charge in [0.15, 0.2) is 5.78 Å². The Morgan fingerprint density at radius 3 is 2.44 bits per heavy atom. The summed E-state index contributed by atoms with van der Waals surface area (Å²) in [6.07, 6.45) is 0.670. The SMILES string of the molecule is O=C(c1ccccc1)c1ccccc1C(=O)N1CCc2[nH]nc(-c3cccc(Cl)c3)c2C1. The second-order valence-corrected chi connectivity index (χ2v) is 8.19. The molecule has 0 bridgehead atoms. The van der Waals surface area contributed by atoms with Crippen LogP contribution in [0.5, 0.6) is 0 Å². The molecule has 0 fully saturated rings. The minimum Gasteiger partial charge on any atom is -0.334 e. The van der Waals surface area contributed by atoms with Gasteiger partial charge >= 0.3 is 0 Å². The molecule has 0 aliphatic carbocycles. The maximum absolute atomic E-state index is 13.5. The third kappa shape index (κ3) is 3.72. The number of carbonyl (C=O) groups is 2. The van der Waals surface area contributed by atoms with Crippen molar-refractivity contribution in [3.05, 3.63) is 112 Å². The van der Waals surface area contributed by atoms with Crippen LogP contribution in [0.25, 0.3) is 11.3 Å². The molecule has 1 amide bonds. The van der Waals surface area contributed by atoms with Gasteiger partial charge in [-0.25, -0.2) is 0 Å². The van der Waals surface area contributed by atoms with Crippen LogP contribution in [0.2, 0.25) is 5.02 Å². The van der Waals surface area contributed by atoms with Gasteiger partial charge in [0.1, 0.15) is 0 Å². The lowest BCUT2D eigenvalue weighted by molar-refractivity contribution is 0.0730. The van der Waals surface area contributed by atoms with E-state index < -0.39 is 0 Å². The van der Waals surface area contributed by atoms with Crippen molar-refractivity contribution in [3.63, 3.8) is 0 Å². The molecule has 0 atom stereocenters. The molecule has 3 aromatic carbocycles. The molecular formula is C26H20ClN3O2. The molecule has 4 aromatic rings. The van der Waals surface area contributed by atoms with Gasteiger partial charge in [-0.2, -0.15) is 5.10 Å². The van der Waals surface area contributed by atoms with Crippen molar-refractivity contribution in [3.8, 4) is 11.3 Å². The lowest BCUT2D eigenvalue weighted by Crippen LogP contribution is -2.36. The quantitative estimate of drug-likeness (QED) is 0.445. The van der Waals surface area contributed by atoms with Gasteiger partial charge < -0.3 is 4.90 Å². The van der Waals surface area contributed by atoms with E-state index in [4.69, 9.17) is 11.6 Å². The van der Waals surface area contributed by atoms with Gasteiger partial charge in [0, 0.05) is 52.5 Å².